The highest BCUT2D eigenvalue weighted by atomic mass is 35.5. The molecule has 1 amide bonds. The smallest absolute Gasteiger partial charge is 0.241 e. The Kier molecular flexibility index (Phi) is 6.78. The van der Waals surface area contributed by atoms with E-state index in [1.807, 2.05) is 18.9 Å². The second-order valence-corrected chi connectivity index (χ2v) is 6.14. The topological polar surface area (TPSA) is 58.4 Å². The number of carbonyl (C=O) groups is 1. The average Bonchev–Trinajstić information content (AvgIpc) is 2.41. The van der Waals surface area contributed by atoms with Crippen LogP contribution in [0.1, 0.15) is 33.6 Å². The molecule has 2 atom stereocenters. The molecule has 1 aromatic carbocycles. The molecule has 0 saturated heterocycles. The third-order valence-corrected chi connectivity index (χ3v) is 4.30. The van der Waals surface area contributed by atoms with Gasteiger partial charge in [-0.2, -0.15) is 0 Å². The van der Waals surface area contributed by atoms with Crippen molar-refractivity contribution in [3.8, 4) is 0 Å². The van der Waals surface area contributed by atoms with E-state index in [1.54, 1.807) is 12.1 Å². The number of carbonyl (C=O) groups excluding carboxylic acids is 1. The number of hydrogen-bond acceptors (Lipinski definition) is 3. The Balaban J connectivity index is 2.82. The minimum Gasteiger partial charge on any atom is -0.399 e. The fraction of sp³-hybridized carbons (Fsp3) is 0.533. The lowest BCUT2D eigenvalue weighted by Gasteiger charge is -2.30. The molecular weight excluding hydrogens is 309 g/mol. The van der Waals surface area contributed by atoms with Gasteiger partial charge >= 0.3 is 0 Å². The van der Waals surface area contributed by atoms with Crippen molar-refractivity contribution < 1.29 is 4.79 Å². The predicted octanol–water partition coefficient (Wildman–Crippen LogP) is 4.02. The zero-order valence-electron chi connectivity index (χ0n) is 12.9. The summed E-state index contributed by atoms with van der Waals surface area (Å²) in [5.74, 6) is -0.144. The molecule has 0 saturated carbocycles. The van der Waals surface area contributed by atoms with Crippen molar-refractivity contribution in [1.82, 2.24) is 4.90 Å². The molecule has 0 bridgehead atoms. The monoisotopic (exact) mass is 331 g/mol. The average molecular weight is 332 g/mol. The number of nitrogens with two attached hydrogens (primary N) is 1. The van der Waals surface area contributed by atoms with Gasteiger partial charge in [-0.3, -0.25) is 9.69 Å². The third kappa shape index (κ3) is 4.77. The number of rotatable bonds is 6. The standard InChI is InChI=1S/C15H23Cl2N3O/c1-5-6-9(2)20(4)10(3)15(21)19-14-12(16)7-11(18)8-13(14)17/h7-10H,5-6,18H2,1-4H3,(H,19,21). The summed E-state index contributed by atoms with van der Waals surface area (Å²) < 4.78 is 0. The molecule has 6 heteroatoms. The van der Waals surface area contributed by atoms with Crippen LogP contribution < -0.4 is 11.1 Å². The van der Waals surface area contributed by atoms with Gasteiger partial charge < -0.3 is 11.1 Å². The van der Waals surface area contributed by atoms with E-state index in [4.69, 9.17) is 28.9 Å². The van der Waals surface area contributed by atoms with Crippen LogP contribution in [-0.2, 0) is 4.79 Å². The Morgan fingerprint density at radius 1 is 1.33 bits per heavy atom. The molecule has 1 aromatic rings. The van der Waals surface area contributed by atoms with E-state index in [2.05, 4.69) is 19.2 Å². The van der Waals surface area contributed by atoms with Crippen LogP contribution in [0.3, 0.4) is 0 Å². The molecule has 2 unspecified atom stereocenters. The van der Waals surface area contributed by atoms with Gasteiger partial charge in [0.15, 0.2) is 0 Å². The Morgan fingerprint density at radius 3 is 2.33 bits per heavy atom. The van der Waals surface area contributed by atoms with Crippen molar-refractivity contribution in [2.45, 2.75) is 45.7 Å². The first-order valence-corrected chi connectivity index (χ1v) is 7.80. The lowest BCUT2D eigenvalue weighted by Crippen LogP contribution is -2.44. The van der Waals surface area contributed by atoms with Gasteiger partial charge in [0.2, 0.25) is 5.91 Å². The first-order chi connectivity index (χ1) is 9.77. The summed E-state index contributed by atoms with van der Waals surface area (Å²) in [4.78, 5) is 14.4. The van der Waals surface area contributed by atoms with Crippen molar-refractivity contribution in [2.75, 3.05) is 18.1 Å². The van der Waals surface area contributed by atoms with Crippen LogP contribution in [0.15, 0.2) is 12.1 Å². The fourth-order valence-corrected chi connectivity index (χ4v) is 2.73. The molecule has 0 aliphatic carbocycles. The van der Waals surface area contributed by atoms with Gasteiger partial charge in [0, 0.05) is 11.7 Å². The second kappa shape index (κ2) is 7.87. The number of halogens is 2. The van der Waals surface area contributed by atoms with Crippen LogP contribution in [-0.4, -0.2) is 29.9 Å². The summed E-state index contributed by atoms with van der Waals surface area (Å²) in [7, 11) is 1.94. The molecule has 4 nitrogen and oxygen atoms in total. The van der Waals surface area contributed by atoms with E-state index < -0.39 is 0 Å². The molecule has 1 rings (SSSR count). The highest BCUT2D eigenvalue weighted by Gasteiger charge is 2.23. The molecule has 3 N–H and O–H groups in total. The highest BCUT2D eigenvalue weighted by molar-refractivity contribution is 6.40. The molecular formula is C15H23Cl2N3O. The summed E-state index contributed by atoms with van der Waals surface area (Å²) in [6.45, 7) is 6.10. The minimum atomic E-state index is -0.281. The van der Waals surface area contributed by atoms with Crippen LogP contribution in [0.2, 0.25) is 10.0 Å². The Hall–Kier alpha value is -0.970. The van der Waals surface area contributed by atoms with Gasteiger partial charge in [-0.05, 0) is 39.4 Å². The van der Waals surface area contributed by atoms with E-state index in [0.717, 1.165) is 12.8 Å². The highest BCUT2D eigenvalue weighted by Crippen LogP contribution is 2.33. The van der Waals surface area contributed by atoms with Crippen molar-refractivity contribution >= 4 is 40.5 Å². The Bertz CT molecular complexity index is 485. The van der Waals surface area contributed by atoms with E-state index in [0.29, 0.717) is 27.5 Å². The maximum atomic E-state index is 12.4. The zero-order chi connectivity index (χ0) is 16.2. The molecule has 0 spiro atoms. The lowest BCUT2D eigenvalue weighted by atomic mass is 10.1. The van der Waals surface area contributed by atoms with Crippen LogP contribution in [0.4, 0.5) is 11.4 Å². The molecule has 21 heavy (non-hydrogen) atoms. The minimum absolute atomic E-state index is 0.144. The number of hydrogen-bond donors (Lipinski definition) is 2. The zero-order valence-corrected chi connectivity index (χ0v) is 14.4. The summed E-state index contributed by atoms with van der Waals surface area (Å²) in [5.41, 5.74) is 6.52. The number of benzene rings is 1. The number of nitrogens with one attached hydrogen (secondary N) is 1. The molecule has 0 aliphatic heterocycles. The quantitative estimate of drug-likeness (QED) is 0.774. The van der Waals surface area contributed by atoms with Gasteiger partial charge in [-0.1, -0.05) is 36.5 Å². The molecule has 0 aliphatic rings. The molecule has 0 fully saturated rings. The second-order valence-electron chi connectivity index (χ2n) is 5.33. The summed E-state index contributed by atoms with van der Waals surface area (Å²) in [5, 5.41) is 3.46. The Labute approximate surface area is 136 Å². The van der Waals surface area contributed by atoms with E-state index in [1.165, 1.54) is 0 Å². The van der Waals surface area contributed by atoms with Gasteiger partial charge in [-0.25, -0.2) is 0 Å². The number of anilines is 2. The van der Waals surface area contributed by atoms with Crippen LogP contribution in [0.5, 0.6) is 0 Å². The molecule has 118 valence electrons. The fourth-order valence-electron chi connectivity index (χ4n) is 2.13. The van der Waals surface area contributed by atoms with Crippen molar-refractivity contribution in [2.24, 2.45) is 0 Å². The maximum absolute atomic E-state index is 12.4. The van der Waals surface area contributed by atoms with E-state index >= 15 is 0 Å². The summed E-state index contributed by atoms with van der Waals surface area (Å²) in [6.07, 6.45) is 2.12. The number of nitrogens with zero attached hydrogens (tertiary/aromatic N) is 1. The number of nitrogen functional groups attached to an aromatic ring is 1. The van der Waals surface area contributed by atoms with Gasteiger partial charge in [0.25, 0.3) is 0 Å². The van der Waals surface area contributed by atoms with Gasteiger partial charge in [0.05, 0.1) is 21.8 Å². The molecule has 0 aromatic heterocycles. The first-order valence-electron chi connectivity index (χ1n) is 7.05. The number of likely N-dealkylation sites (N-methyl/N-ethyl adjacent to an activating group) is 1. The predicted molar refractivity (Wildman–Crippen MR) is 91.1 cm³/mol. The van der Waals surface area contributed by atoms with E-state index in [-0.39, 0.29) is 11.9 Å². The van der Waals surface area contributed by atoms with Crippen LogP contribution in [0, 0.1) is 0 Å². The number of amides is 1. The van der Waals surface area contributed by atoms with Gasteiger partial charge in [0.1, 0.15) is 0 Å². The summed E-state index contributed by atoms with van der Waals surface area (Å²) in [6, 6.07) is 3.18. The third-order valence-electron chi connectivity index (χ3n) is 3.70. The maximum Gasteiger partial charge on any atom is 0.241 e. The summed E-state index contributed by atoms with van der Waals surface area (Å²) >= 11 is 12.2. The molecule has 0 heterocycles. The SMILES string of the molecule is CCCC(C)N(C)C(C)C(=O)Nc1c(Cl)cc(N)cc1Cl. The largest absolute Gasteiger partial charge is 0.399 e. The van der Waals surface area contributed by atoms with E-state index in [9.17, 15) is 4.79 Å². The first kappa shape index (κ1) is 18.1. The Morgan fingerprint density at radius 2 is 1.86 bits per heavy atom. The van der Waals surface area contributed by atoms with Crippen molar-refractivity contribution in [3.63, 3.8) is 0 Å². The van der Waals surface area contributed by atoms with Crippen LogP contribution in [0.25, 0.3) is 0 Å². The normalized spacial score (nSPS) is 14.0. The van der Waals surface area contributed by atoms with Crippen molar-refractivity contribution in [1.29, 1.82) is 0 Å². The lowest BCUT2D eigenvalue weighted by molar-refractivity contribution is -0.121. The van der Waals surface area contributed by atoms with Gasteiger partial charge in [-0.15, -0.1) is 0 Å². The van der Waals surface area contributed by atoms with Crippen molar-refractivity contribution in [3.05, 3.63) is 22.2 Å². The molecule has 0 radical (unpaired) electrons. The van der Waals surface area contributed by atoms with Crippen LogP contribution >= 0.6 is 23.2 Å².